The van der Waals surface area contributed by atoms with E-state index in [4.69, 9.17) is 9.47 Å². The number of anilines is 1. The van der Waals surface area contributed by atoms with Crippen molar-refractivity contribution < 1.29 is 23.9 Å². The van der Waals surface area contributed by atoms with Gasteiger partial charge in [-0.25, -0.2) is 9.69 Å². The van der Waals surface area contributed by atoms with Gasteiger partial charge in [-0.05, 0) is 70.0 Å². The average molecular weight is 665 g/mol. The third-order valence-corrected chi connectivity index (χ3v) is 6.97. The molecule has 1 saturated heterocycles. The fourth-order valence-electron chi connectivity index (χ4n) is 3.38. The minimum absolute atomic E-state index is 0.191. The Morgan fingerprint density at radius 2 is 1.66 bits per heavy atom. The van der Waals surface area contributed by atoms with Crippen LogP contribution in [0.1, 0.15) is 11.1 Å². The zero-order valence-corrected chi connectivity index (χ0v) is 22.9. The summed E-state index contributed by atoms with van der Waals surface area (Å²) in [5, 5.41) is 2.22. The number of hydrogen-bond acceptors (Lipinski definition) is 5. The van der Waals surface area contributed by atoms with Gasteiger partial charge >= 0.3 is 6.03 Å². The van der Waals surface area contributed by atoms with Crippen molar-refractivity contribution in [1.29, 1.82) is 0 Å². The van der Waals surface area contributed by atoms with E-state index in [1.165, 1.54) is 13.2 Å². The highest BCUT2D eigenvalue weighted by atomic mass is 79.9. The second kappa shape index (κ2) is 10.8. The molecule has 1 heterocycles. The Balaban J connectivity index is 1.64. The number of carbonyl (C=O) groups is 3. The summed E-state index contributed by atoms with van der Waals surface area (Å²) in [5.74, 6) is -0.637. The second-order valence-electron chi connectivity index (χ2n) is 7.35. The van der Waals surface area contributed by atoms with E-state index in [2.05, 4.69) is 53.1 Å². The van der Waals surface area contributed by atoms with Crippen molar-refractivity contribution in [3.63, 3.8) is 0 Å². The molecule has 0 spiro atoms. The predicted molar refractivity (Wildman–Crippen MR) is 142 cm³/mol. The van der Waals surface area contributed by atoms with E-state index in [0.29, 0.717) is 33.8 Å². The number of halogens is 3. The molecule has 3 aromatic rings. The lowest BCUT2D eigenvalue weighted by Gasteiger charge is -2.26. The monoisotopic (exact) mass is 662 g/mol. The Kier molecular flexibility index (Phi) is 7.73. The molecule has 3 aromatic carbocycles. The first-order valence-corrected chi connectivity index (χ1v) is 12.6. The van der Waals surface area contributed by atoms with Crippen molar-refractivity contribution in [3.8, 4) is 11.5 Å². The fraction of sp³-hybridized carbons (Fsp3) is 0.0800. The zero-order chi connectivity index (χ0) is 25.1. The van der Waals surface area contributed by atoms with Crippen LogP contribution >= 0.6 is 47.8 Å². The van der Waals surface area contributed by atoms with E-state index in [-0.39, 0.29) is 5.57 Å². The van der Waals surface area contributed by atoms with Gasteiger partial charge in [0.15, 0.2) is 11.5 Å². The van der Waals surface area contributed by atoms with Crippen LogP contribution in [0.15, 0.2) is 79.7 Å². The fourth-order valence-corrected chi connectivity index (χ4v) is 4.62. The number of amides is 4. The molecule has 7 nitrogen and oxygen atoms in total. The molecule has 1 N–H and O–H groups in total. The summed E-state index contributed by atoms with van der Waals surface area (Å²) in [5.41, 5.74) is 1.60. The summed E-state index contributed by atoms with van der Waals surface area (Å²) in [6, 6.07) is 16.8. The van der Waals surface area contributed by atoms with Crippen molar-refractivity contribution in [1.82, 2.24) is 5.32 Å². The molecule has 1 aliphatic rings. The number of imide groups is 2. The predicted octanol–water partition coefficient (Wildman–Crippen LogP) is 6.23. The van der Waals surface area contributed by atoms with Gasteiger partial charge in [-0.15, -0.1) is 0 Å². The molecule has 0 radical (unpaired) electrons. The first kappa shape index (κ1) is 25.2. The molecular formula is C25H17Br3N2O5. The van der Waals surface area contributed by atoms with Crippen LogP contribution < -0.4 is 19.7 Å². The molecule has 0 saturated carbocycles. The highest BCUT2D eigenvalue weighted by molar-refractivity contribution is 9.11. The first-order chi connectivity index (χ1) is 16.8. The van der Waals surface area contributed by atoms with Gasteiger partial charge < -0.3 is 9.47 Å². The quantitative estimate of drug-likeness (QED) is 0.250. The van der Waals surface area contributed by atoms with Crippen LogP contribution in [0.25, 0.3) is 6.08 Å². The number of urea groups is 1. The van der Waals surface area contributed by atoms with E-state index in [0.717, 1.165) is 19.4 Å². The summed E-state index contributed by atoms with van der Waals surface area (Å²) in [6.45, 7) is 0.294. The van der Waals surface area contributed by atoms with E-state index >= 15 is 0 Å². The maximum atomic E-state index is 13.1. The summed E-state index contributed by atoms with van der Waals surface area (Å²) in [4.78, 5) is 39.0. The molecule has 10 heteroatoms. The van der Waals surface area contributed by atoms with E-state index in [9.17, 15) is 14.4 Å². The number of hydrogen-bond donors (Lipinski definition) is 1. The average Bonchev–Trinajstić information content (AvgIpc) is 2.83. The van der Waals surface area contributed by atoms with Gasteiger partial charge in [-0.3, -0.25) is 14.9 Å². The van der Waals surface area contributed by atoms with Crippen molar-refractivity contribution >= 4 is 77.4 Å². The van der Waals surface area contributed by atoms with Crippen LogP contribution in [-0.2, 0) is 16.2 Å². The lowest BCUT2D eigenvalue weighted by atomic mass is 10.1. The van der Waals surface area contributed by atoms with Gasteiger partial charge in [-0.2, -0.15) is 0 Å². The molecule has 0 bridgehead atoms. The minimum Gasteiger partial charge on any atom is -0.493 e. The molecule has 0 atom stereocenters. The summed E-state index contributed by atoms with van der Waals surface area (Å²) < 4.78 is 13.8. The number of nitrogens with one attached hydrogen (secondary N) is 1. The van der Waals surface area contributed by atoms with Gasteiger partial charge in [0.2, 0.25) is 0 Å². The van der Waals surface area contributed by atoms with Crippen LogP contribution in [0.3, 0.4) is 0 Å². The Morgan fingerprint density at radius 3 is 2.34 bits per heavy atom. The zero-order valence-electron chi connectivity index (χ0n) is 18.2. The van der Waals surface area contributed by atoms with Crippen LogP contribution in [0.5, 0.6) is 11.5 Å². The summed E-state index contributed by atoms with van der Waals surface area (Å²) in [6.07, 6.45) is 1.40. The third-order valence-electron chi connectivity index (χ3n) is 5.08. The molecule has 4 rings (SSSR count). The van der Waals surface area contributed by atoms with Gasteiger partial charge in [0.05, 0.1) is 17.3 Å². The minimum atomic E-state index is -0.811. The molecule has 4 amide bonds. The van der Waals surface area contributed by atoms with Crippen molar-refractivity contribution in [3.05, 3.63) is 90.8 Å². The first-order valence-electron chi connectivity index (χ1n) is 10.2. The van der Waals surface area contributed by atoms with E-state index < -0.39 is 17.8 Å². The molecule has 178 valence electrons. The van der Waals surface area contributed by atoms with Crippen LogP contribution in [0, 0.1) is 0 Å². The standard InChI is InChI=1S/C25H17Br3N2O5/c1-34-21-12-14(11-20(28)22(21)35-13-15-4-2-3-5-19(15)27)10-18-23(31)29-25(33)30(24(18)32)17-8-6-16(26)7-9-17/h2-12H,13H2,1H3,(H,29,31,33)/b18-10+. The molecule has 1 fully saturated rings. The molecule has 35 heavy (non-hydrogen) atoms. The number of carbonyl (C=O) groups excluding carboxylic acids is 3. The number of methoxy groups -OCH3 is 1. The van der Waals surface area contributed by atoms with Gasteiger partial charge in [0.25, 0.3) is 11.8 Å². The number of barbiturate groups is 1. The van der Waals surface area contributed by atoms with E-state index in [1.807, 2.05) is 24.3 Å². The lowest BCUT2D eigenvalue weighted by molar-refractivity contribution is -0.122. The highest BCUT2D eigenvalue weighted by Crippen LogP contribution is 2.38. The van der Waals surface area contributed by atoms with Gasteiger partial charge in [0.1, 0.15) is 12.2 Å². The Bertz CT molecular complexity index is 1360. The summed E-state index contributed by atoms with van der Waals surface area (Å²) in [7, 11) is 1.50. The second-order valence-corrected chi connectivity index (χ2v) is 9.97. The maximum absolute atomic E-state index is 13.1. The Morgan fingerprint density at radius 1 is 0.943 bits per heavy atom. The number of ether oxygens (including phenoxy) is 2. The van der Waals surface area contributed by atoms with Crippen molar-refractivity contribution in [2.75, 3.05) is 12.0 Å². The molecule has 1 aliphatic heterocycles. The summed E-state index contributed by atoms with van der Waals surface area (Å²) >= 11 is 10.3. The van der Waals surface area contributed by atoms with Gasteiger partial charge in [0, 0.05) is 14.5 Å². The van der Waals surface area contributed by atoms with Crippen molar-refractivity contribution in [2.45, 2.75) is 6.61 Å². The maximum Gasteiger partial charge on any atom is 0.335 e. The molecule has 0 aromatic heterocycles. The van der Waals surface area contributed by atoms with Crippen LogP contribution in [-0.4, -0.2) is 25.0 Å². The van der Waals surface area contributed by atoms with Gasteiger partial charge in [-0.1, -0.05) is 50.1 Å². The number of nitrogens with zero attached hydrogens (tertiary/aromatic N) is 1. The Hall–Kier alpha value is -2.95. The topological polar surface area (TPSA) is 84.9 Å². The SMILES string of the molecule is COc1cc(/C=C2\C(=O)NC(=O)N(c3ccc(Br)cc3)C2=O)cc(Br)c1OCc1ccccc1Br. The highest BCUT2D eigenvalue weighted by Gasteiger charge is 2.36. The number of benzene rings is 3. The number of rotatable bonds is 6. The van der Waals surface area contributed by atoms with Crippen LogP contribution in [0.4, 0.5) is 10.5 Å². The molecule has 0 unspecified atom stereocenters. The normalized spacial score (nSPS) is 14.8. The Labute approximate surface area is 226 Å². The molecule has 0 aliphatic carbocycles. The van der Waals surface area contributed by atoms with Crippen molar-refractivity contribution in [2.24, 2.45) is 0 Å². The lowest BCUT2D eigenvalue weighted by Crippen LogP contribution is -2.54. The molecular weight excluding hydrogens is 648 g/mol. The largest absolute Gasteiger partial charge is 0.493 e. The smallest absolute Gasteiger partial charge is 0.335 e. The van der Waals surface area contributed by atoms with E-state index in [1.54, 1.807) is 36.4 Å². The third kappa shape index (κ3) is 5.50. The van der Waals surface area contributed by atoms with Crippen LogP contribution in [0.2, 0.25) is 0 Å².